The van der Waals surface area contributed by atoms with E-state index in [1.54, 1.807) is 6.20 Å². The highest BCUT2D eigenvalue weighted by atomic mass is 19.4. The average molecular weight is 378 g/mol. The van der Waals surface area contributed by atoms with Gasteiger partial charge in [0.05, 0.1) is 23.2 Å². The number of aliphatic carboxylic acids is 1. The average Bonchev–Trinajstić information content (AvgIpc) is 2.64. The van der Waals surface area contributed by atoms with Gasteiger partial charge in [0.2, 0.25) is 0 Å². The highest BCUT2D eigenvalue weighted by Gasteiger charge is 2.33. The number of alkyl halides is 3. The minimum Gasteiger partial charge on any atom is -0.481 e. The molecule has 1 fully saturated rings. The summed E-state index contributed by atoms with van der Waals surface area (Å²) in [5, 5.41) is 9.21. The van der Waals surface area contributed by atoms with Crippen molar-refractivity contribution < 1.29 is 23.1 Å². The first-order chi connectivity index (χ1) is 12.8. The van der Waals surface area contributed by atoms with Crippen LogP contribution in [0.3, 0.4) is 0 Å². The van der Waals surface area contributed by atoms with Gasteiger partial charge in [-0.05, 0) is 62.2 Å². The molecule has 3 rings (SSSR count). The number of likely N-dealkylation sites (tertiary alicyclic amines) is 1. The summed E-state index contributed by atoms with van der Waals surface area (Å²) in [5.41, 5.74) is 1.76. The van der Waals surface area contributed by atoms with E-state index in [1.807, 2.05) is 19.1 Å². The van der Waals surface area contributed by atoms with E-state index in [1.165, 1.54) is 12.1 Å². The number of rotatable bonds is 4. The highest BCUT2D eigenvalue weighted by Crippen LogP contribution is 2.35. The van der Waals surface area contributed by atoms with Gasteiger partial charge in [-0.2, -0.15) is 13.2 Å². The number of aryl methyl sites for hydroxylation is 1. The molecule has 1 atom stereocenters. The van der Waals surface area contributed by atoms with Crippen LogP contribution in [-0.2, 0) is 11.0 Å². The van der Waals surface area contributed by atoms with E-state index in [2.05, 4.69) is 9.88 Å². The van der Waals surface area contributed by atoms with Gasteiger partial charge in [-0.3, -0.25) is 14.7 Å². The molecule has 0 saturated carbocycles. The first kappa shape index (κ1) is 19.4. The first-order valence-corrected chi connectivity index (χ1v) is 8.83. The molecule has 0 aliphatic carbocycles. The molecular weight excluding hydrogens is 357 g/mol. The molecule has 27 heavy (non-hydrogen) atoms. The Morgan fingerprint density at radius 1 is 1.19 bits per heavy atom. The Hall–Kier alpha value is -2.41. The second-order valence-corrected chi connectivity index (χ2v) is 6.88. The van der Waals surface area contributed by atoms with Crippen LogP contribution in [0.15, 0.2) is 42.6 Å². The smallest absolute Gasteiger partial charge is 0.416 e. The summed E-state index contributed by atoms with van der Waals surface area (Å²) in [6, 6.07) is 8.59. The fourth-order valence-electron chi connectivity index (χ4n) is 3.58. The van der Waals surface area contributed by atoms with Gasteiger partial charge in [-0.1, -0.05) is 18.2 Å². The van der Waals surface area contributed by atoms with E-state index >= 15 is 0 Å². The van der Waals surface area contributed by atoms with Crippen LogP contribution in [0.25, 0.3) is 0 Å². The van der Waals surface area contributed by atoms with Crippen molar-refractivity contribution in [2.45, 2.75) is 32.0 Å². The Kier molecular flexibility index (Phi) is 5.51. The number of carbonyl (C=O) groups is 1. The summed E-state index contributed by atoms with van der Waals surface area (Å²) in [6.07, 6.45) is -1.69. The number of nitrogens with zero attached hydrogens (tertiary/aromatic N) is 2. The number of hydrogen-bond acceptors (Lipinski definition) is 3. The second-order valence-electron chi connectivity index (χ2n) is 6.88. The lowest BCUT2D eigenvalue weighted by Crippen LogP contribution is -2.39. The van der Waals surface area contributed by atoms with Gasteiger partial charge in [-0.15, -0.1) is 0 Å². The quantitative estimate of drug-likeness (QED) is 0.862. The molecule has 1 aromatic heterocycles. The van der Waals surface area contributed by atoms with Crippen molar-refractivity contribution in [2.24, 2.45) is 5.92 Å². The lowest BCUT2D eigenvalue weighted by Gasteiger charge is -2.37. The first-order valence-electron chi connectivity index (χ1n) is 8.83. The molecule has 1 unspecified atom stereocenters. The number of hydrogen-bond donors (Lipinski definition) is 1. The summed E-state index contributed by atoms with van der Waals surface area (Å²) < 4.78 is 38.7. The normalized spacial score (nSPS) is 17.6. The zero-order chi connectivity index (χ0) is 19.6. The second kappa shape index (κ2) is 7.68. The SMILES string of the molecule is Cc1cccnc1C(c1ccc(C(F)(F)F)cc1)N1CCC(C(=O)O)CC1. The number of piperidine rings is 1. The molecule has 1 aromatic carbocycles. The fraction of sp³-hybridized carbons (Fsp3) is 0.400. The van der Waals surface area contributed by atoms with E-state index < -0.39 is 17.7 Å². The maximum absolute atomic E-state index is 12.9. The maximum Gasteiger partial charge on any atom is 0.416 e. The van der Waals surface area contributed by atoms with E-state index in [9.17, 15) is 23.1 Å². The Morgan fingerprint density at radius 3 is 2.33 bits per heavy atom. The lowest BCUT2D eigenvalue weighted by molar-refractivity contribution is -0.143. The van der Waals surface area contributed by atoms with Gasteiger partial charge in [0, 0.05) is 6.20 Å². The Morgan fingerprint density at radius 2 is 1.81 bits per heavy atom. The van der Waals surface area contributed by atoms with Crippen molar-refractivity contribution in [2.75, 3.05) is 13.1 Å². The molecule has 2 aromatic rings. The fourth-order valence-corrected chi connectivity index (χ4v) is 3.58. The highest BCUT2D eigenvalue weighted by molar-refractivity contribution is 5.70. The molecule has 2 heterocycles. The van der Waals surface area contributed by atoms with E-state index in [0.717, 1.165) is 29.0 Å². The lowest BCUT2D eigenvalue weighted by atomic mass is 9.91. The van der Waals surface area contributed by atoms with Crippen LogP contribution in [0.2, 0.25) is 0 Å². The zero-order valence-electron chi connectivity index (χ0n) is 14.9. The third kappa shape index (κ3) is 4.30. The Labute approximate surface area is 155 Å². The standard InChI is InChI=1S/C20H21F3N2O2/c1-13-3-2-10-24-17(13)18(25-11-8-15(9-12-25)19(26)27)14-4-6-16(7-5-14)20(21,22)23/h2-7,10,15,18H,8-9,11-12H2,1H3,(H,26,27). The molecule has 0 radical (unpaired) electrons. The van der Waals surface area contributed by atoms with E-state index in [4.69, 9.17) is 0 Å². The molecule has 4 nitrogen and oxygen atoms in total. The third-order valence-corrected chi connectivity index (χ3v) is 5.11. The molecule has 0 bridgehead atoms. The number of carboxylic acid groups (broad SMARTS) is 1. The third-order valence-electron chi connectivity index (χ3n) is 5.11. The molecule has 7 heteroatoms. The predicted octanol–water partition coefficient (Wildman–Crippen LogP) is 4.29. The van der Waals surface area contributed by atoms with Crippen LogP contribution in [0.4, 0.5) is 13.2 Å². The minimum absolute atomic E-state index is 0.303. The van der Waals surface area contributed by atoms with Crippen LogP contribution in [-0.4, -0.2) is 34.0 Å². The van der Waals surface area contributed by atoms with Gasteiger partial charge in [0.25, 0.3) is 0 Å². The van der Waals surface area contributed by atoms with Gasteiger partial charge in [0.1, 0.15) is 0 Å². The predicted molar refractivity (Wildman–Crippen MR) is 94.2 cm³/mol. The van der Waals surface area contributed by atoms with Crippen molar-refractivity contribution in [3.63, 3.8) is 0 Å². The van der Waals surface area contributed by atoms with Gasteiger partial charge in [0.15, 0.2) is 0 Å². The maximum atomic E-state index is 12.9. The van der Waals surface area contributed by atoms with Crippen molar-refractivity contribution >= 4 is 5.97 Å². The number of carboxylic acids is 1. The van der Waals surface area contributed by atoms with Crippen LogP contribution < -0.4 is 0 Å². The number of halogens is 3. The van der Waals surface area contributed by atoms with E-state index in [-0.39, 0.29) is 12.0 Å². The van der Waals surface area contributed by atoms with Crippen LogP contribution in [0.1, 0.15) is 41.3 Å². The molecule has 0 amide bonds. The monoisotopic (exact) mass is 378 g/mol. The minimum atomic E-state index is -4.38. The number of benzene rings is 1. The summed E-state index contributed by atoms with van der Waals surface area (Å²) in [6.45, 7) is 3.03. The number of aromatic nitrogens is 1. The van der Waals surface area contributed by atoms with Crippen molar-refractivity contribution in [3.05, 3.63) is 65.0 Å². The number of pyridine rings is 1. The summed E-state index contributed by atoms with van der Waals surface area (Å²) in [5.74, 6) is -1.17. The van der Waals surface area contributed by atoms with E-state index in [0.29, 0.717) is 25.9 Å². The van der Waals surface area contributed by atoms with Crippen molar-refractivity contribution in [1.82, 2.24) is 9.88 Å². The summed E-state index contributed by atoms with van der Waals surface area (Å²) in [7, 11) is 0. The zero-order valence-corrected chi connectivity index (χ0v) is 14.9. The molecule has 1 N–H and O–H groups in total. The molecule has 1 saturated heterocycles. The van der Waals surface area contributed by atoms with Gasteiger partial charge in [-0.25, -0.2) is 0 Å². The molecule has 0 spiro atoms. The van der Waals surface area contributed by atoms with Crippen LogP contribution in [0.5, 0.6) is 0 Å². The Bertz CT molecular complexity index is 798. The molecule has 1 aliphatic heterocycles. The topological polar surface area (TPSA) is 53.4 Å². The van der Waals surface area contributed by atoms with Crippen LogP contribution >= 0.6 is 0 Å². The van der Waals surface area contributed by atoms with Gasteiger partial charge >= 0.3 is 12.1 Å². The van der Waals surface area contributed by atoms with Crippen molar-refractivity contribution in [1.29, 1.82) is 0 Å². The summed E-state index contributed by atoms with van der Waals surface area (Å²) in [4.78, 5) is 17.8. The van der Waals surface area contributed by atoms with Crippen LogP contribution in [0, 0.1) is 12.8 Å². The largest absolute Gasteiger partial charge is 0.481 e. The molecular formula is C20H21F3N2O2. The Balaban J connectivity index is 1.94. The van der Waals surface area contributed by atoms with Gasteiger partial charge < -0.3 is 5.11 Å². The molecule has 144 valence electrons. The van der Waals surface area contributed by atoms with Crippen molar-refractivity contribution in [3.8, 4) is 0 Å². The molecule has 1 aliphatic rings. The summed E-state index contributed by atoms with van der Waals surface area (Å²) >= 11 is 0.